The minimum absolute atomic E-state index is 0.0362. The van der Waals surface area contributed by atoms with Gasteiger partial charge in [0.05, 0.1) is 7.11 Å². The first-order chi connectivity index (χ1) is 15.2. The summed E-state index contributed by atoms with van der Waals surface area (Å²) < 4.78 is 11.6. The monoisotopic (exact) mass is 422 g/mol. The lowest BCUT2D eigenvalue weighted by molar-refractivity contribution is -0.141. The summed E-state index contributed by atoms with van der Waals surface area (Å²) in [6.07, 6.45) is 5.88. The Kier molecular flexibility index (Phi) is 7.25. The van der Waals surface area contributed by atoms with Crippen LogP contribution >= 0.6 is 0 Å². The number of carbonyl (C=O) groups is 1. The van der Waals surface area contributed by atoms with Crippen LogP contribution < -0.4 is 10.1 Å². The molecule has 0 unspecified atom stereocenters. The molecular formula is C26H34N2O3. The van der Waals surface area contributed by atoms with Crippen LogP contribution in [0.5, 0.6) is 5.75 Å². The van der Waals surface area contributed by atoms with Gasteiger partial charge in [0.2, 0.25) is 0 Å². The van der Waals surface area contributed by atoms with Gasteiger partial charge in [-0.05, 0) is 68.9 Å². The second-order valence-corrected chi connectivity index (χ2v) is 8.68. The van der Waals surface area contributed by atoms with Crippen molar-refractivity contribution in [1.82, 2.24) is 10.2 Å². The molecule has 2 aliphatic heterocycles. The molecule has 0 aliphatic carbocycles. The van der Waals surface area contributed by atoms with Crippen molar-refractivity contribution in [3.8, 4) is 16.9 Å². The van der Waals surface area contributed by atoms with E-state index in [0.29, 0.717) is 19.6 Å². The van der Waals surface area contributed by atoms with Crippen molar-refractivity contribution in [2.45, 2.75) is 44.1 Å². The predicted octanol–water partition coefficient (Wildman–Crippen LogP) is 4.06. The summed E-state index contributed by atoms with van der Waals surface area (Å²) in [6, 6.07) is 16.4. The zero-order valence-electron chi connectivity index (χ0n) is 18.6. The molecule has 1 N–H and O–H groups in total. The van der Waals surface area contributed by atoms with E-state index in [0.717, 1.165) is 48.2 Å². The molecule has 166 valence electrons. The summed E-state index contributed by atoms with van der Waals surface area (Å²) in [5, 5.41) is 3.16. The fraction of sp³-hybridized carbons (Fsp3) is 0.500. The number of hydrogen-bond donors (Lipinski definition) is 1. The van der Waals surface area contributed by atoms with Crippen molar-refractivity contribution in [3.63, 3.8) is 0 Å². The van der Waals surface area contributed by atoms with Gasteiger partial charge in [0.1, 0.15) is 5.75 Å². The van der Waals surface area contributed by atoms with Crippen molar-refractivity contribution < 1.29 is 14.3 Å². The number of amides is 1. The highest BCUT2D eigenvalue weighted by atomic mass is 16.5. The van der Waals surface area contributed by atoms with Gasteiger partial charge >= 0.3 is 0 Å². The van der Waals surface area contributed by atoms with Crippen LogP contribution in [0, 0.1) is 0 Å². The fourth-order valence-corrected chi connectivity index (χ4v) is 4.83. The van der Waals surface area contributed by atoms with Crippen LogP contribution in [0.4, 0.5) is 0 Å². The molecule has 31 heavy (non-hydrogen) atoms. The third-order valence-electron chi connectivity index (χ3n) is 6.49. The van der Waals surface area contributed by atoms with Crippen LogP contribution in [-0.4, -0.2) is 56.3 Å². The van der Waals surface area contributed by atoms with Crippen molar-refractivity contribution in [3.05, 3.63) is 54.1 Å². The van der Waals surface area contributed by atoms with E-state index in [1.165, 1.54) is 25.9 Å². The van der Waals surface area contributed by atoms with Crippen molar-refractivity contribution >= 4 is 5.91 Å². The minimum atomic E-state index is -0.757. The molecule has 0 spiro atoms. The third-order valence-corrected chi connectivity index (χ3v) is 6.49. The van der Waals surface area contributed by atoms with Crippen molar-refractivity contribution in [1.29, 1.82) is 0 Å². The lowest BCUT2D eigenvalue weighted by Gasteiger charge is -2.28. The average Bonchev–Trinajstić information content (AvgIpc) is 3.50. The Morgan fingerprint density at radius 1 is 1.13 bits per heavy atom. The number of ether oxygens (including phenoxy) is 2. The highest BCUT2D eigenvalue weighted by molar-refractivity contribution is 5.86. The van der Waals surface area contributed by atoms with Crippen LogP contribution in [0.2, 0.25) is 0 Å². The second-order valence-electron chi connectivity index (χ2n) is 8.68. The van der Waals surface area contributed by atoms with Crippen LogP contribution in [0.25, 0.3) is 11.1 Å². The topological polar surface area (TPSA) is 50.8 Å². The molecule has 0 bridgehead atoms. The molecule has 0 saturated carbocycles. The molecule has 1 amide bonds. The first-order valence-corrected chi connectivity index (χ1v) is 11.6. The average molecular weight is 423 g/mol. The Morgan fingerprint density at radius 3 is 2.74 bits per heavy atom. The van der Waals surface area contributed by atoms with Gasteiger partial charge < -0.3 is 19.7 Å². The van der Waals surface area contributed by atoms with Crippen LogP contribution in [-0.2, 0) is 16.0 Å². The second kappa shape index (κ2) is 10.3. The maximum atomic E-state index is 13.2. The molecule has 2 fully saturated rings. The van der Waals surface area contributed by atoms with Crippen molar-refractivity contribution in [2.24, 2.45) is 0 Å². The molecular weight excluding hydrogens is 388 g/mol. The molecule has 2 saturated heterocycles. The maximum absolute atomic E-state index is 13.2. The third kappa shape index (κ3) is 5.28. The molecule has 1 atom stereocenters. The number of nitrogens with one attached hydrogen (secondary N) is 1. The number of likely N-dealkylation sites (tertiary alicyclic amines) is 1. The number of rotatable bonds is 9. The predicted molar refractivity (Wildman–Crippen MR) is 123 cm³/mol. The summed E-state index contributed by atoms with van der Waals surface area (Å²) in [5.41, 5.74) is 2.50. The molecule has 0 aromatic heterocycles. The van der Waals surface area contributed by atoms with Gasteiger partial charge in [0, 0.05) is 25.1 Å². The van der Waals surface area contributed by atoms with Crippen LogP contribution in [0.1, 0.15) is 37.7 Å². The van der Waals surface area contributed by atoms with E-state index < -0.39 is 5.60 Å². The number of nitrogens with zero attached hydrogens (tertiary/aromatic N) is 1. The fourth-order valence-electron chi connectivity index (χ4n) is 4.83. The molecule has 2 aliphatic rings. The minimum Gasteiger partial charge on any atom is -0.496 e. The molecule has 2 aromatic carbocycles. The van der Waals surface area contributed by atoms with E-state index in [1.807, 2.05) is 24.3 Å². The lowest BCUT2D eigenvalue weighted by atomic mass is 9.89. The lowest BCUT2D eigenvalue weighted by Crippen LogP contribution is -2.48. The number of para-hydroxylation sites is 1. The van der Waals surface area contributed by atoms with E-state index in [9.17, 15) is 4.79 Å². The first kappa shape index (κ1) is 21.8. The van der Waals surface area contributed by atoms with E-state index in [1.54, 1.807) is 7.11 Å². The van der Waals surface area contributed by atoms with E-state index in [2.05, 4.69) is 34.5 Å². The maximum Gasteiger partial charge on any atom is 0.252 e. The zero-order valence-corrected chi connectivity index (χ0v) is 18.6. The highest BCUT2D eigenvalue weighted by Crippen LogP contribution is 2.33. The summed E-state index contributed by atoms with van der Waals surface area (Å²) in [4.78, 5) is 15.6. The Hall–Kier alpha value is -2.37. The van der Waals surface area contributed by atoms with Gasteiger partial charge in [0.25, 0.3) is 5.91 Å². The largest absolute Gasteiger partial charge is 0.496 e. The summed E-state index contributed by atoms with van der Waals surface area (Å²) in [7, 11) is 1.69. The quantitative estimate of drug-likeness (QED) is 0.620. The highest BCUT2D eigenvalue weighted by Gasteiger charge is 2.42. The number of carbonyl (C=O) groups excluding carboxylic acids is 1. The van der Waals surface area contributed by atoms with Crippen LogP contribution in [0.15, 0.2) is 48.5 Å². The molecule has 4 rings (SSSR count). The van der Waals surface area contributed by atoms with Gasteiger partial charge in [-0.1, -0.05) is 42.5 Å². The van der Waals surface area contributed by atoms with E-state index >= 15 is 0 Å². The molecule has 5 heteroatoms. The SMILES string of the molecule is COc1ccccc1-c1cccc(C[C@]2(C(=O)NCCCN3CCCC3)CCCO2)c1. The number of benzene rings is 2. The summed E-state index contributed by atoms with van der Waals surface area (Å²) >= 11 is 0. The normalized spacial score (nSPS) is 21.3. The Morgan fingerprint density at radius 2 is 1.97 bits per heavy atom. The number of methoxy groups -OCH3 is 1. The van der Waals surface area contributed by atoms with Gasteiger partial charge in [-0.2, -0.15) is 0 Å². The van der Waals surface area contributed by atoms with Gasteiger partial charge in [0.15, 0.2) is 5.60 Å². The molecule has 0 radical (unpaired) electrons. The zero-order chi connectivity index (χ0) is 21.5. The molecule has 2 heterocycles. The summed E-state index contributed by atoms with van der Waals surface area (Å²) in [6.45, 7) is 4.82. The smallest absolute Gasteiger partial charge is 0.252 e. The van der Waals surface area contributed by atoms with Crippen molar-refractivity contribution in [2.75, 3.05) is 39.9 Å². The Labute approximate surface area is 185 Å². The summed E-state index contributed by atoms with van der Waals surface area (Å²) in [5.74, 6) is 0.886. The Balaban J connectivity index is 1.42. The molecule has 2 aromatic rings. The first-order valence-electron chi connectivity index (χ1n) is 11.6. The standard InChI is InChI=1S/C26H34N2O3/c1-30-24-12-3-2-11-23(24)22-10-6-9-21(19-22)20-26(13-7-18-31-26)25(29)27-14-8-17-28-15-4-5-16-28/h2-3,6,9-12,19H,4-5,7-8,13-18,20H2,1H3,(H,27,29)/t26-/m0/s1. The van der Waals surface area contributed by atoms with Gasteiger partial charge in [-0.25, -0.2) is 0 Å². The van der Waals surface area contributed by atoms with Crippen LogP contribution in [0.3, 0.4) is 0 Å². The van der Waals surface area contributed by atoms with Gasteiger partial charge in [-0.15, -0.1) is 0 Å². The van der Waals surface area contributed by atoms with E-state index in [4.69, 9.17) is 9.47 Å². The van der Waals surface area contributed by atoms with E-state index in [-0.39, 0.29) is 5.91 Å². The number of hydrogen-bond acceptors (Lipinski definition) is 4. The molecule has 5 nitrogen and oxygen atoms in total. The van der Waals surface area contributed by atoms with Gasteiger partial charge in [-0.3, -0.25) is 4.79 Å². The Bertz CT molecular complexity index is 870.